The molecule has 2 heterocycles. The topological polar surface area (TPSA) is 30.2 Å². The van der Waals surface area contributed by atoms with Crippen LogP contribution in [-0.4, -0.2) is 14.6 Å². The van der Waals surface area contributed by atoms with E-state index in [1.54, 1.807) is 0 Å². The molecule has 2 aromatic heterocycles. The molecule has 3 aliphatic carbocycles. The molecule has 3 nitrogen and oxygen atoms in total. The molecular weight excluding hydrogens is 545 g/mol. The molecule has 3 atom stereocenters. The first-order valence-corrected chi connectivity index (χ1v) is 17.1. The predicted octanol–water partition coefficient (Wildman–Crippen LogP) is 11.2. The van der Waals surface area contributed by atoms with Crippen LogP contribution in [0, 0.1) is 17.8 Å². The Balaban J connectivity index is 1.47. The van der Waals surface area contributed by atoms with Crippen LogP contribution in [0.1, 0.15) is 113 Å². The molecule has 0 amide bonds. The van der Waals surface area contributed by atoms with Crippen molar-refractivity contribution in [3.63, 3.8) is 0 Å². The Morgan fingerprint density at radius 2 is 1.29 bits per heavy atom. The summed E-state index contributed by atoms with van der Waals surface area (Å²) >= 11 is 14.4. The Bertz CT molecular complexity index is 1350. The maximum Gasteiger partial charge on any atom is 0.162 e. The second-order valence-electron chi connectivity index (χ2n) is 12.8. The number of nitrogens with zero attached hydrogens (tertiary/aromatic N) is 3. The van der Waals surface area contributed by atoms with Crippen LogP contribution in [0.3, 0.4) is 0 Å². The maximum absolute atomic E-state index is 7.30. The van der Waals surface area contributed by atoms with Crippen molar-refractivity contribution in [1.29, 1.82) is 0 Å². The molecule has 3 unspecified atom stereocenters. The fraction of sp³-hybridized carbons (Fsp3) is 0.556. The number of rotatable bonds is 4. The van der Waals surface area contributed by atoms with Gasteiger partial charge in [-0.25, -0.2) is 9.50 Å². The summed E-state index contributed by atoms with van der Waals surface area (Å²) in [5.74, 6) is 2.75. The molecule has 0 saturated heterocycles. The standard InChI is InChI=1S/C36H45Cl2N3/c37-34-32(26-18-12-6-4-5-7-13-19-26)35(38)41-36(39-34)31(25-29-23-17-11-10-16-22-28-24-30(28)29)33(40-41)27-20-14-8-2-1-3-9-15-21-27/h1-3,8-9,14-15,20-21,26,28-30H,4-7,10-13,16-19,22-25H2. The van der Waals surface area contributed by atoms with Gasteiger partial charge >= 0.3 is 0 Å². The van der Waals surface area contributed by atoms with E-state index in [-0.39, 0.29) is 0 Å². The lowest BCUT2D eigenvalue weighted by atomic mass is 9.88. The minimum absolute atomic E-state index is 0.343. The van der Waals surface area contributed by atoms with Crippen LogP contribution < -0.4 is 0 Å². The molecule has 3 fully saturated rings. The van der Waals surface area contributed by atoms with Crippen LogP contribution in [-0.2, 0) is 6.42 Å². The number of hydrogen-bond acceptors (Lipinski definition) is 2. The summed E-state index contributed by atoms with van der Waals surface area (Å²) in [6, 6.07) is 18.8. The molecule has 3 saturated carbocycles. The number of aromatic nitrogens is 3. The first kappa shape index (κ1) is 29.0. The highest BCUT2D eigenvalue weighted by Crippen LogP contribution is 2.51. The summed E-state index contributed by atoms with van der Waals surface area (Å²) in [5, 5.41) is 6.50. The average molecular weight is 591 g/mol. The molecule has 0 bridgehead atoms. The molecule has 0 aliphatic heterocycles. The summed E-state index contributed by atoms with van der Waals surface area (Å²) in [6.07, 6.45) is 20.5. The molecule has 0 spiro atoms. The van der Waals surface area contributed by atoms with Crippen molar-refractivity contribution in [1.82, 2.24) is 14.6 Å². The largest absolute Gasteiger partial charge is 0.216 e. The van der Waals surface area contributed by atoms with Crippen LogP contribution in [0.15, 0.2) is 54.6 Å². The SMILES string of the molecule is Clc1nc2c(CC3CCCCCCC4CC34)c(-c3ccccccccc3)nn2c(Cl)c1C1CCCCCCCC1. The van der Waals surface area contributed by atoms with Crippen LogP contribution in [0.2, 0.25) is 10.3 Å². The van der Waals surface area contributed by atoms with Gasteiger partial charge in [-0.1, -0.05) is 148 Å². The number of halogens is 2. The van der Waals surface area contributed by atoms with Crippen LogP contribution in [0.4, 0.5) is 0 Å². The molecule has 218 valence electrons. The molecule has 5 heteroatoms. The van der Waals surface area contributed by atoms with Gasteiger partial charge in [-0.3, -0.25) is 0 Å². The zero-order valence-electron chi connectivity index (χ0n) is 24.4. The second-order valence-corrected chi connectivity index (χ2v) is 13.5. The highest BCUT2D eigenvalue weighted by Gasteiger charge is 2.42. The lowest BCUT2D eigenvalue weighted by Crippen LogP contribution is -2.10. The normalized spacial score (nSPS) is 24.1. The number of hydrogen-bond donors (Lipinski definition) is 0. The smallest absolute Gasteiger partial charge is 0.162 e. The van der Waals surface area contributed by atoms with E-state index < -0.39 is 0 Å². The van der Waals surface area contributed by atoms with E-state index in [0.717, 1.165) is 53.6 Å². The number of fused-ring (bicyclic) bond motifs is 2. The predicted molar refractivity (Wildman–Crippen MR) is 172 cm³/mol. The van der Waals surface area contributed by atoms with E-state index in [4.69, 9.17) is 33.3 Å². The van der Waals surface area contributed by atoms with Gasteiger partial charge in [-0.05, 0) is 55.8 Å². The van der Waals surface area contributed by atoms with Crippen molar-refractivity contribution >= 4 is 28.8 Å². The summed E-state index contributed by atoms with van der Waals surface area (Å²) < 4.78 is 1.94. The Kier molecular flexibility index (Phi) is 9.84. The monoisotopic (exact) mass is 589 g/mol. The fourth-order valence-electron chi connectivity index (χ4n) is 7.65. The van der Waals surface area contributed by atoms with E-state index >= 15 is 0 Å². The van der Waals surface area contributed by atoms with Crippen molar-refractivity contribution in [2.45, 2.75) is 109 Å². The molecular formula is C36H45Cl2N3. The quantitative estimate of drug-likeness (QED) is 0.283. The summed E-state index contributed by atoms with van der Waals surface area (Å²) in [6.45, 7) is 0. The zero-order valence-corrected chi connectivity index (χ0v) is 25.9. The third-order valence-corrected chi connectivity index (χ3v) is 10.6. The molecule has 0 N–H and O–H groups in total. The summed E-state index contributed by atoms with van der Waals surface area (Å²) in [4.78, 5) is 5.13. The van der Waals surface area contributed by atoms with Crippen molar-refractivity contribution < 1.29 is 0 Å². The van der Waals surface area contributed by atoms with Crippen molar-refractivity contribution in [3.05, 3.63) is 76.0 Å². The van der Waals surface area contributed by atoms with Crippen LogP contribution in [0.5, 0.6) is 0 Å². The van der Waals surface area contributed by atoms with Crippen molar-refractivity contribution in [2.24, 2.45) is 17.8 Å². The maximum atomic E-state index is 7.30. The lowest BCUT2D eigenvalue weighted by Gasteiger charge is -2.20. The molecule has 1 aromatic carbocycles. The van der Waals surface area contributed by atoms with E-state index in [1.807, 2.05) is 10.6 Å². The van der Waals surface area contributed by atoms with Gasteiger partial charge in [0.05, 0.1) is 5.69 Å². The van der Waals surface area contributed by atoms with Gasteiger partial charge in [0.15, 0.2) is 5.65 Å². The van der Waals surface area contributed by atoms with Crippen molar-refractivity contribution in [3.8, 4) is 11.3 Å². The Morgan fingerprint density at radius 3 is 1.98 bits per heavy atom. The van der Waals surface area contributed by atoms with Crippen LogP contribution in [0.25, 0.3) is 16.9 Å². The first-order chi connectivity index (χ1) is 20.2. The van der Waals surface area contributed by atoms with Gasteiger partial charge in [0.1, 0.15) is 10.3 Å². The fourth-order valence-corrected chi connectivity index (χ4v) is 8.39. The highest BCUT2D eigenvalue weighted by atomic mass is 35.5. The third-order valence-electron chi connectivity index (χ3n) is 9.99. The Morgan fingerprint density at radius 1 is 0.707 bits per heavy atom. The lowest BCUT2D eigenvalue weighted by molar-refractivity contribution is 0.395. The summed E-state index contributed by atoms with van der Waals surface area (Å²) in [5.41, 5.74) is 5.16. The second kappa shape index (κ2) is 13.9. The minimum atomic E-state index is 0.343. The van der Waals surface area contributed by atoms with Gasteiger partial charge in [-0.2, -0.15) is 5.10 Å². The van der Waals surface area contributed by atoms with Gasteiger partial charge in [0.2, 0.25) is 0 Å². The Hall–Kier alpha value is -2.10. The molecule has 3 aliphatic rings. The highest BCUT2D eigenvalue weighted by molar-refractivity contribution is 6.35. The first-order valence-electron chi connectivity index (χ1n) is 16.4. The van der Waals surface area contributed by atoms with E-state index in [2.05, 4.69) is 48.5 Å². The van der Waals surface area contributed by atoms with E-state index in [0.29, 0.717) is 22.1 Å². The van der Waals surface area contributed by atoms with Gasteiger partial charge in [0, 0.05) is 16.7 Å². The van der Waals surface area contributed by atoms with Gasteiger partial charge in [0.25, 0.3) is 0 Å². The third kappa shape index (κ3) is 6.94. The van der Waals surface area contributed by atoms with Crippen LogP contribution >= 0.6 is 23.2 Å². The molecule has 3 aromatic rings. The van der Waals surface area contributed by atoms with Crippen molar-refractivity contribution in [2.75, 3.05) is 0 Å². The van der Waals surface area contributed by atoms with E-state index in [9.17, 15) is 0 Å². The minimum Gasteiger partial charge on any atom is -0.216 e. The molecule has 6 rings (SSSR count). The summed E-state index contributed by atoms with van der Waals surface area (Å²) in [7, 11) is 0. The van der Waals surface area contributed by atoms with E-state index in [1.165, 1.54) is 89.0 Å². The Labute approximate surface area is 256 Å². The van der Waals surface area contributed by atoms with Gasteiger partial charge in [-0.15, -0.1) is 0 Å². The average Bonchev–Trinajstić information content (AvgIpc) is 3.60. The molecule has 0 radical (unpaired) electrons. The zero-order chi connectivity index (χ0) is 28.0. The van der Waals surface area contributed by atoms with Gasteiger partial charge < -0.3 is 0 Å². The molecule has 41 heavy (non-hydrogen) atoms.